The lowest BCUT2D eigenvalue weighted by Gasteiger charge is -2.40. The number of anilines is 2. The molecule has 2 aromatic carbocycles. The van der Waals surface area contributed by atoms with E-state index in [9.17, 15) is 0 Å². The molecule has 0 unspecified atom stereocenters. The molecule has 22 heavy (non-hydrogen) atoms. The first-order valence-electron chi connectivity index (χ1n) is 8.04. The lowest BCUT2D eigenvalue weighted by atomic mass is 9.89. The second-order valence-electron chi connectivity index (χ2n) is 6.06. The van der Waals surface area contributed by atoms with Crippen molar-refractivity contribution >= 4 is 27.3 Å². The molecule has 0 spiro atoms. The van der Waals surface area contributed by atoms with Crippen molar-refractivity contribution < 1.29 is 0 Å². The van der Waals surface area contributed by atoms with E-state index in [1.807, 2.05) is 0 Å². The molecule has 0 aliphatic heterocycles. The molecular formula is C19H23BrN2. The Kier molecular flexibility index (Phi) is 5.04. The average molecular weight is 359 g/mol. The van der Waals surface area contributed by atoms with Gasteiger partial charge in [-0.15, -0.1) is 0 Å². The molecule has 116 valence electrons. The molecule has 0 bridgehead atoms. The third kappa shape index (κ3) is 3.64. The zero-order chi connectivity index (χ0) is 15.4. The predicted molar refractivity (Wildman–Crippen MR) is 98.7 cm³/mol. The highest BCUT2D eigenvalue weighted by molar-refractivity contribution is 9.10. The number of likely N-dealkylation sites (N-methyl/N-ethyl adjacent to an activating group) is 1. The molecule has 2 nitrogen and oxygen atoms in total. The monoisotopic (exact) mass is 358 g/mol. The minimum Gasteiger partial charge on any atom is -0.380 e. The van der Waals surface area contributed by atoms with Crippen LogP contribution in [0.1, 0.15) is 25.7 Å². The van der Waals surface area contributed by atoms with Crippen molar-refractivity contribution in [1.29, 1.82) is 0 Å². The van der Waals surface area contributed by atoms with Crippen molar-refractivity contribution in [2.45, 2.75) is 37.8 Å². The minimum absolute atomic E-state index is 0.500. The van der Waals surface area contributed by atoms with Crippen LogP contribution in [0.15, 0.2) is 59.1 Å². The standard InChI is InChI=1S/C19H23BrN2/c1-22(17-11-7-8-15(20)14-17)19-13-6-5-12-18(19)21-16-9-3-2-4-10-16/h2-4,7-11,14,18-19,21H,5-6,12-13H2,1H3/t18-,19-/m1/s1. The number of hydrogen-bond acceptors (Lipinski definition) is 2. The van der Waals surface area contributed by atoms with Crippen LogP contribution in [0.2, 0.25) is 0 Å². The Balaban J connectivity index is 1.77. The lowest BCUT2D eigenvalue weighted by Crippen LogP contribution is -2.47. The molecule has 0 amide bonds. The van der Waals surface area contributed by atoms with Gasteiger partial charge >= 0.3 is 0 Å². The molecule has 3 rings (SSSR count). The smallest absolute Gasteiger partial charge is 0.0488 e. The Morgan fingerprint density at radius 2 is 1.77 bits per heavy atom. The fourth-order valence-corrected chi connectivity index (χ4v) is 3.77. The van der Waals surface area contributed by atoms with E-state index >= 15 is 0 Å². The fourth-order valence-electron chi connectivity index (χ4n) is 3.38. The number of halogens is 1. The van der Waals surface area contributed by atoms with Crippen LogP contribution >= 0.6 is 15.9 Å². The van der Waals surface area contributed by atoms with E-state index in [1.54, 1.807) is 0 Å². The van der Waals surface area contributed by atoms with Crippen molar-refractivity contribution in [3.8, 4) is 0 Å². The quantitative estimate of drug-likeness (QED) is 0.796. The summed E-state index contributed by atoms with van der Waals surface area (Å²) in [5.74, 6) is 0. The van der Waals surface area contributed by atoms with E-state index in [1.165, 1.54) is 37.1 Å². The summed E-state index contributed by atoms with van der Waals surface area (Å²) in [6.07, 6.45) is 5.11. The Labute approximate surface area is 141 Å². The maximum absolute atomic E-state index is 3.74. The summed E-state index contributed by atoms with van der Waals surface area (Å²) in [6, 6.07) is 20.2. The van der Waals surface area contributed by atoms with Crippen LogP contribution in [0.5, 0.6) is 0 Å². The zero-order valence-electron chi connectivity index (χ0n) is 13.0. The number of hydrogen-bond donors (Lipinski definition) is 1. The molecule has 1 saturated carbocycles. The number of rotatable bonds is 4. The van der Waals surface area contributed by atoms with Gasteiger partial charge in [0.1, 0.15) is 0 Å². The minimum atomic E-state index is 0.500. The highest BCUT2D eigenvalue weighted by atomic mass is 79.9. The van der Waals surface area contributed by atoms with Gasteiger partial charge in [-0.1, -0.05) is 53.0 Å². The molecule has 0 saturated heterocycles. The molecule has 0 radical (unpaired) electrons. The average Bonchev–Trinajstić information content (AvgIpc) is 2.56. The van der Waals surface area contributed by atoms with Crippen molar-refractivity contribution in [2.75, 3.05) is 17.3 Å². The van der Waals surface area contributed by atoms with Gasteiger partial charge in [0.2, 0.25) is 0 Å². The Morgan fingerprint density at radius 3 is 2.55 bits per heavy atom. The summed E-state index contributed by atoms with van der Waals surface area (Å²) < 4.78 is 1.14. The maximum Gasteiger partial charge on any atom is 0.0488 e. The summed E-state index contributed by atoms with van der Waals surface area (Å²) >= 11 is 3.58. The fraction of sp³-hybridized carbons (Fsp3) is 0.368. The lowest BCUT2D eigenvalue weighted by molar-refractivity contribution is 0.392. The van der Waals surface area contributed by atoms with Gasteiger partial charge in [0.25, 0.3) is 0 Å². The topological polar surface area (TPSA) is 15.3 Å². The number of nitrogens with zero attached hydrogens (tertiary/aromatic N) is 1. The van der Waals surface area contributed by atoms with Gasteiger partial charge in [-0.05, 0) is 43.2 Å². The van der Waals surface area contributed by atoms with E-state index in [-0.39, 0.29) is 0 Å². The van der Waals surface area contributed by atoms with Crippen molar-refractivity contribution in [2.24, 2.45) is 0 Å². The van der Waals surface area contributed by atoms with Gasteiger partial charge in [0.05, 0.1) is 0 Å². The number of benzene rings is 2. The third-order valence-electron chi connectivity index (χ3n) is 4.57. The number of nitrogens with one attached hydrogen (secondary N) is 1. The second-order valence-corrected chi connectivity index (χ2v) is 6.98. The molecular weight excluding hydrogens is 336 g/mol. The summed E-state index contributed by atoms with van der Waals surface area (Å²) in [5, 5.41) is 3.74. The van der Waals surface area contributed by atoms with E-state index in [4.69, 9.17) is 0 Å². The van der Waals surface area contributed by atoms with Gasteiger partial charge in [0, 0.05) is 35.0 Å². The maximum atomic E-state index is 3.74. The first-order valence-corrected chi connectivity index (χ1v) is 8.83. The summed E-state index contributed by atoms with van der Waals surface area (Å²) in [4.78, 5) is 2.44. The first-order chi connectivity index (χ1) is 10.7. The molecule has 0 heterocycles. The molecule has 1 aliphatic rings. The molecule has 1 N–H and O–H groups in total. The molecule has 1 fully saturated rings. The zero-order valence-corrected chi connectivity index (χ0v) is 14.6. The SMILES string of the molecule is CN(c1cccc(Br)c1)[C@@H]1CCCC[C@H]1Nc1ccccc1. The van der Waals surface area contributed by atoms with Crippen LogP contribution in [-0.4, -0.2) is 19.1 Å². The molecule has 2 atom stereocenters. The van der Waals surface area contributed by atoms with Crippen LogP contribution in [0.3, 0.4) is 0 Å². The Bertz CT molecular complexity index is 599. The largest absolute Gasteiger partial charge is 0.380 e. The first kappa shape index (κ1) is 15.4. The van der Waals surface area contributed by atoms with Crippen molar-refractivity contribution in [1.82, 2.24) is 0 Å². The van der Waals surface area contributed by atoms with Crippen molar-refractivity contribution in [3.63, 3.8) is 0 Å². The third-order valence-corrected chi connectivity index (χ3v) is 5.06. The normalized spacial score (nSPS) is 21.4. The van der Waals surface area contributed by atoms with Crippen molar-refractivity contribution in [3.05, 3.63) is 59.1 Å². The summed E-state index contributed by atoms with van der Waals surface area (Å²) in [7, 11) is 2.22. The summed E-state index contributed by atoms with van der Waals surface area (Å²) in [6.45, 7) is 0. The van der Waals surface area contributed by atoms with Gasteiger partial charge in [-0.2, -0.15) is 0 Å². The molecule has 1 aliphatic carbocycles. The van der Waals surface area contributed by atoms with Crippen LogP contribution in [-0.2, 0) is 0 Å². The molecule has 3 heteroatoms. The van der Waals surface area contributed by atoms with Crippen LogP contribution in [0, 0.1) is 0 Å². The number of para-hydroxylation sites is 1. The Hall–Kier alpha value is -1.48. The highest BCUT2D eigenvalue weighted by Gasteiger charge is 2.28. The van der Waals surface area contributed by atoms with Crippen LogP contribution in [0.4, 0.5) is 11.4 Å². The predicted octanol–water partition coefficient (Wildman–Crippen LogP) is 5.31. The van der Waals surface area contributed by atoms with Gasteiger partial charge in [-0.3, -0.25) is 0 Å². The van der Waals surface area contributed by atoms with Crippen LogP contribution in [0.25, 0.3) is 0 Å². The van der Waals surface area contributed by atoms with Crippen LogP contribution < -0.4 is 10.2 Å². The van der Waals surface area contributed by atoms with E-state index in [0.717, 1.165) is 4.47 Å². The molecule has 0 aromatic heterocycles. The van der Waals surface area contributed by atoms with E-state index in [2.05, 4.69) is 87.8 Å². The van der Waals surface area contributed by atoms with Gasteiger partial charge in [0.15, 0.2) is 0 Å². The highest BCUT2D eigenvalue weighted by Crippen LogP contribution is 2.29. The van der Waals surface area contributed by atoms with Gasteiger partial charge in [-0.25, -0.2) is 0 Å². The molecule has 2 aromatic rings. The Morgan fingerprint density at radius 1 is 1.00 bits per heavy atom. The second kappa shape index (κ2) is 7.19. The summed E-state index contributed by atoms with van der Waals surface area (Å²) in [5.41, 5.74) is 2.50. The van der Waals surface area contributed by atoms with E-state index < -0.39 is 0 Å². The van der Waals surface area contributed by atoms with E-state index in [0.29, 0.717) is 12.1 Å². The van der Waals surface area contributed by atoms with Gasteiger partial charge < -0.3 is 10.2 Å².